The zero-order chi connectivity index (χ0) is 17.1. The largest absolute Gasteiger partial charge is 0.361 e. The van der Waals surface area contributed by atoms with Gasteiger partial charge in [-0.25, -0.2) is 14.8 Å². The van der Waals surface area contributed by atoms with Gasteiger partial charge in [-0.15, -0.1) is 11.3 Å². The molecule has 0 saturated carbocycles. The summed E-state index contributed by atoms with van der Waals surface area (Å²) in [5.74, 6) is 0.751. The molecule has 2 amide bonds. The van der Waals surface area contributed by atoms with Crippen molar-refractivity contribution in [1.29, 1.82) is 0 Å². The number of amides is 2. The molecule has 0 aromatic carbocycles. The van der Waals surface area contributed by atoms with Crippen molar-refractivity contribution >= 4 is 28.9 Å². The molecule has 7 heteroatoms. The Hall–Kier alpha value is -2.15. The number of carbonyl (C=O) groups excluding carboxylic acids is 1. The van der Waals surface area contributed by atoms with E-state index < -0.39 is 0 Å². The number of carbonyl (C=O) groups is 1. The molecule has 1 aliphatic carbocycles. The Morgan fingerprint density at radius 1 is 1.29 bits per heavy atom. The van der Waals surface area contributed by atoms with Crippen molar-refractivity contribution in [3.63, 3.8) is 0 Å². The van der Waals surface area contributed by atoms with Crippen molar-refractivity contribution in [1.82, 2.24) is 15.3 Å². The molecule has 0 radical (unpaired) electrons. The highest BCUT2D eigenvalue weighted by atomic mass is 32.1. The summed E-state index contributed by atoms with van der Waals surface area (Å²) in [7, 11) is 3.82. The van der Waals surface area contributed by atoms with Crippen molar-refractivity contribution in [3.05, 3.63) is 33.4 Å². The summed E-state index contributed by atoms with van der Waals surface area (Å²) in [6.45, 7) is 2.51. The number of rotatable bonds is 5. The molecule has 0 saturated heterocycles. The maximum absolute atomic E-state index is 12.1. The third kappa shape index (κ3) is 3.84. The Morgan fingerprint density at radius 2 is 2.12 bits per heavy atom. The first-order valence-corrected chi connectivity index (χ1v) is 9.02. The van der Waals surface area contributed by atoms with Gasteiger partial charge in [0.1, 0.15) is 0 Å². The minimum atomic E-state index is -0.215. The summed E-state index contributed by atoms with van der Waals surface area (Å²) >= 11 is 1.79. The molecule has 0 bridgehead atoms. The van der Waals surface area contributed by atoms with E-state index in [9.17, 15) is 4.79 Å². The number of thiazole rings is 1. The van der Waals surface area contributed by atoms with Gasteiger partial charge < -0.3 is 15.5 Å². The van der Waals surface area contributed by atoms with Crippen LogP contribution in [-0.4, -0.2) is 36.6 Å². The highest BCUT2D eigenvalue weighted by Gasteiger charge is 2.16. The van der Waals surface area contributed by atoms with E-state index in [2.05, 4.69) is 20.6 Å². The van der Waals surface area contributed by atoms with E-state index in [-0.39, 0.29) is 6.03 Å². The molecule has 0 unspecified atom stereocenters. The maximum atomic E-state index is 12.1. The van der Waals surface area contributed by atoms with E-state index in [4.69, 9.17) is 0 Å². The molecule has 2 N–H and O–H groups in total. The lowest BCUT2D eigenvalue weighted by atomic mass is 10.3. The molecule has 3 rings (SSSR count). The van der Waals surface area contributed by atoms with Crippen LogP contribution in [0, 0.1) is 6.92 Å². The Kier molecular flexibility index (Phi) is 4.99. The summed E-state index contributed by atoms with van der Waals surface area (Å²) in [4.78, 5) is 24.5. The van der Waals surface area contributed by atoms with Crippen molar-refractivity contribution in [2.45, 2.75) is 32.6 Å². The number of urea groups is 1. The molecule has 24 heavy (non-hydrogen) atoms. The van der Waals surface area contributed by atoms with E-state index >= 15 is 0 Å². The number of aromatic nitrogens is 2. The van der Waals surface area contributed by atoms with E-state index in [1.807, 2.05) is 38.1 Å². The van der Waals surface area contributed by atoms with E-state index in [1.54, 1.807) is 11.3 Å². The Balaban J connectivity index is 1.52. The SMILES string of the molecule is Cc1ccc(NC(=O)NCCc2nc3c(s2)CCC3)c(N(C)C)n1. The van der Waals surface area contributed by atoms with Crippen LogP contribution in [0.4, 0.5) is 16.3 Å². The van der Waals surface area contributed by atoms with E-state index in [0.29, 0.717) is 12.2 Å². The number of aryl methyl sites for hydroxylation is 3. The first-order valence-electron chi connectivity index (χ1n) is 8.20. The molecule has 0 spiro atoms. The highest BCUT2D eigenvalue weighted by Crippen LogP contribution is 2.27. The van der Waals surface area contributed by atoms with Crippen LogP contribution in [0.3, 0.4) is 0 Å². The average molecular weight is 345 g/mol. The number of nitrogens with zero attached hydrogens (tertiary/aromatic N) is 3. The monoisotopic (exact) mass is 345 g/mol. The lowest BCUT2D eigenvalue weighted by Gasteiger charge is -2.17. The van der Waals surface area contributed by atoms with Crippen LogP contribution >= 0.6 is 11.3 Å². The van der Waals surface area contributed by atoms with Crippen LogP contribution in [0.2, 0.25) is 0 Å². The van der Waals surface area contributed by atoms with E-state index in [1.165, 1.54) is 17.0 Å². The zero-order valence-electron chi connectivity index (χ0n) is 14.3. The minimum absolute atomic E-state index is 0.215. The van der Waals surface area contributed by atoms with Gasteiger partial charge in [0.2, 0.25) is 0 Å². The first kappa shape index (κ1) is 16.7. The zero-order valence-corrected chi connectivity index (χ0v) is 15.2. The first-order chi connectivity index (χ1) is 11.5. The van der Waals surface area contributed by atoms with Crippen molar-refractivity contribution in [2.24, 2.45) is 0 Å². The van der Waals surface area contributed by atoms with Gasteiger partial charge in [-0.3, -0.25) is 0 Å². The minimum Gasteiger partial charge on any atom is -0.361 e. The molecule has 128 valence electrons. The average Bonchev–Trinajstić information content (AvgIpc) is 3.10. The van der Waals surface area contributed by atoms with Gasteiger partial charge in [-0.2, -0.15) is 0 Å². The van der Waals surface area contributed by atoms with Crippen LogP contribution < -0.4 is 15.5 Å². The second-order valence-corrected chi connectivity index (χ2v) is 7.35. The molecule has 0 aliphatic heterocycles. The standard InChI is InChI=1S/C17H23N5OS/c1-11-7-8-13(16(19-11)22(2)3)21-17(23)18-10-9-15-20-12-5-4-6-14(12)24-15/h7-8H,4-6,9-10H2,1-3H3,(H2,18,21,23). The summed E-state index contributed by atoms with van der Waals surface area (Å²) < 4.78 is 0. The topological polar surface area (TPSA) is 70.2 Å². The third-order valence-electron chi connectivity index (χ3n) is 3.95. The number of hydrogen-bond acceptors (Lipinski definition) is 5. The molecule has 1 aliphatic rings. The molecule has 6 nitrogen and oxygen atoms in total. The van der Waals surface area contributed by atoms with Gasteiger partial charge in [0.15, 0.2) is 5.82 Å². The molecule has 0 fully saturated rings. The second kappa shape index (κ2) is 7.17. The quantitative estimate of drug-likeness (QED) is 0.874. The number of hydrogen-bond donors (Lipinski definition) is 2. The maximum Gasteiger partial charge on any atom is 0.319 e. The molecular formula is C17H23N5OS. The Labute approximate surface area is 146 Å². The Morgan fingerprint density at radius 3 is 2.88 bits per heavy atom. The summed E-state index contributed by atoms with van der Waals surface area (Å²) in [6, 6.07) is 3.55. The van der Waals surface area contributed by atoms with Crippen LogP contribution in [0.15, 0.2) is 12.1 Å². The molecule has 2 aromatic rings. The van der Waals surface area contributed by atoms with Gasteiger partial charge in [-0.1, -0.05) is 0 Å². The second-order valence-electron chi connectivity index (χ2n) is 6.18. The number of pyridine rings is 1. The van der Waals surface area contributed by atoms with E-state index in [0.717, 1.165) is 35.8 Å². The van der Waals surface area contributed by atoms with Crippen LogP contribution in [-0.2, 0) is 19.3 Å². The molecular weight excluding hydrogens is 322 g/mol. The Bertz CT molecular complexity index is 719. The number of fused-ring (bicyclic) bond motifs is 1. The fourth-order valence-electron chi connectivity index (χ4n) is 2.78. The predicted molar refractivity (Wildman–Crippen MR) is 98.2 cm³/mol. The van der Waals surface area contributed by atoms with Gasteiger partial charge in [0, 0.05) is 37.6 Å². The van der Waals surface area contributed by atoms with Crippen molar-refractivity contribution in [3.8, 4) is 0 Å². The van der Waals surface area contributed by atoms with Gasteiger partial charge in [0.05, 0.1) is 16.4 Å². The number of anilines is 2. The fourth-order valence-corrected chi connectivity index (χ4v) is 3.94. The fraction of sp³-hybridized carbons (Fsp3) is 0.471. The normalized spacial score (nSPS) is 12.8. The third-order valence-corrected chi connectivity index (χ3v) is 5.17. The lowest BCUT2D eigenvalue weighted by molar-refractivity contribution is 0.252. The summed E-state index contributed by atoms with van der Waals surface area (Å²) in [6.07, 6.45) is 4.27. The predicted octanol–water partition coefficient (Wildman–Crippen LogP) is 2.77. The van der Waals surface area contributed by atoms with Gasteiger partial charge in [-0.05, 0) is 38.3 Å². The van der Waals surface area contributed by atoms with Crippen LogP contribution in [0.1, 0.15) is 27.7 Å². The number of nitrogens with one attached hydrogen (secondary N) is 2. The summed E-state index contributed by atoms with van der Waals surface area (Å²) in [5.41, 5.74) is 2.89. The van der Waals surface area contributed by atoms with Crippen molar-refractivity contribution in [2.75, 3.05) is 30.9 Å². The van der Waals surface area contributed by atoms with Crippen molar-refractivity contribution < 1.29 is 4.79 Å². The van der Waals surface area contributed by atoms with Crippen LogP contribution in [0.5, 0.6) is 0 Å². The molecule has 0 atom stereocenters. The van der Waals surface area contributed by atoms with Crippen LogP contribution in [0.25, 0.3) is 0 Å². The highest BCUT2D eigenvalue weighted by molar-refractivity contribution is 7.11. The smallest absolute Gasteiger partial charge is 0.319 e. The molecule has 2 heterocycles. The lowest BCUT2D eigenvalue weighted by Crippen LogP contribution is -2.31. The molecule has 2 aromatic heterocycles. The van der Waals surface area contributed by atoms with Gasteiger partial charge >= 0.3 is 6.03 Å². The van der Waals surface area contributed by atoms with Gasteiger partial charge in [0.25, 0.3) is 0 Å². The summed E-state index contributed by atoms with van der Waals surface area (Å²) in [5, 5.41) is 6.89.